The summed E-state index contributed by atoms with van der Waals surface area (Å²) in [6.07, 6.45) is 6.98. The van der Waals surface area contributed by atoms with Crippen LogP contribution in [0.2, 0.25) is 0 Å². The predicted molar refractivity (Wildman–Crippen MR) is 123 cm³/mol. The first-order valence-electron chi connectivity index (χ1n) is 11.2. The molecule has 2 aromatic heterocycles. The maximum atomic E-state index is 6.19. The molecule has 1 aliphatic rings. The highest BCUT2D eigenvalue weighted by atomic mass is 16.5. The molecule has 1 fully saturated rings. The second-order valence-corrected chi connectivity index (χ2v) is 8.10. The molecule has 166 valence electrons. The fraction of sp³-hybridized carbons (Fsp3) is 0.522. The van der Waals surface area contributed by atoms with Crippen LogP contribution in [0.3, 0.4) is 0 Å². The van der Waals surface area contributed by atoms with Gasteiger partial charge in [0.15, 0.2) is 5.65 Å². The highest BCUT2D eigenvalue weighted by Gasteiger charge is 2.17. The molecule has 0 saturated carbocycles. The van der Waals surface area contributed by atoms with Crippen molar-refractivity contribution in [3.05, 3.63) is 36.0 Å². The number of benzene rings is 1. The van der Waals surface area contributed by atoms with E-state index in [1.165, 1.54) is 18.5 Å². The number of nitrogens with zero attached hydrogens (tertiary/aromatic N) is 5. The van der Waals surface area contributed by atoms with Crippen molar-refractivity contribution >= 4 is 22.5 Å². The normalized spacial score (nSPS) is 15.0. The van der Waals surface area contributed by atoms with Crippen LogP contribution >= 0.6 is 0 Å². The average molecular weight is 425 g/mol. The third-order valence-corrected chi connectivity index (χ3v) is 5.77. The molecule has 8 nitrogen and oxygen atoms in total. The Kier molecular flexibility index (Phi) is 6.86. The van der Waals surface area contributed by atoms with E-state index in [-0.39, 0.29) is 6.10 Å². The number of methoxy groups -OCH3 is 1. The van der Waals surface area contributed by atoms with Gasteiger partial charge in [0.2, 0.25) is 0 Å². The highest BCUT2D eigenvalue weighted by Crippen LogP contribution is 2.24. The quantitative estimate of drug-likeness (QED) is 0.531. The van der Waals surface area contributed by atoms with Gasteiger partial charge in [0, 0.05) is 38.9 Å². The van der Waals surface area contributed by atoms with Gasteiger partial charge in [-0.1, -0.05) is 25.5 Å². The van der Waals surface area contributed by atoms with Crippen molar-refractivity contribution < 1.29 is 9.47 Å². The summed E-state index contributed by atoms with van der Waals surface area (Å²) in [6, 6.07) is 8.99. The van der Waals surface area contributed by atoms with Crippen molar-refractivity contribution in [1.29, 1.82) is 0 Å². The van der Waals surface area contributed by atoms with E-state index in [2.05, 4.69) is 51.2 Å². The van der Waals surface area contributed by atoms with E-state index in [9.17, 15) is 0 Å². The first-order chi connectivity index (χ1) is 15.2. The Morgan fingerprint density at radius 1 is 1.10 bits per heavy atom. The lowest BCUT2D eigenvalue weighted by atomic mass is 10.1. The summed E-state index contributed by atoms with van der Waals surface area (Å²) in [6.45, 7) is 5.66. The summed E-state index contributed by atoms with van der Waals surface area (Å²) < 4.78 is 13.1. The molecular formula is C23H32N6O2. The second kappa shape index (κ2) is 9.96. The van der Waals surface area contributed by atoms with Gasteiger partial charge in [-0.2, -0.15) is 15.1 Å². The zero-order valence-corrected chi connectivity index (χ0v) is 18.5. The minimum absolute atomic E-state index is 0.00342. The summed E-state index contributed by atoms with van der Waals surface area (Å²) in [5.41, 5.74) is 9.32. The lowest BCUT2D eigenvalue weighted by Crippen LogP contribution is -2.20. The summed E-state index contributed by atoms with van der Waals surface area (Å²) in [7, 11) is 1.69. The van der Waals surface area contributed by atoms with Gasteiger partial charge in [0.05, 0.1) is 18.1 Å². The maximum absolute atomic E-state index is 6.19. The van der Waals surface area contributed by atoms with E-state index in [4.69, 9.17) is 15.2 Å². The van der Waals surface area contributed by atoms with Crippen LogP contribution in [0.15, 0.2) is 30.5 Å². The Hall–Kier alpha value is -2.87. The van der Waals surface area contributed by atoms with Gasteiger partial charge in [-0.25, -0.2) is 4.68 Å². The Morgan fingerprint density at radius 2 is 1.87 bits per heavy atom. The van der Waals surface area contributed by atoms with Gasteiger partial charge in [0.25, 0.3) is 0 Å². The third-order valence-electron chi connectivity index (χ3n) is 5.77. The van der Waals surface area contributed by atoms with Gasteiger partial charge in [0.1, 0.15) is 11.9 Å². The number of ether oxygens (including phenoxy) is 2. The number of aromatic nitrogens is 4. The second-order valence-electron chi connectivity index (χ2n) is 8.10. The molecule has 0 bridgehead atoms. The lowest BCUT2D eigenvalue weighted by Gasteiger charge is -2.18. The predicted octanol–water partition coefficient (Wildman–Crippen LogP) is 3.64. The number of nitrogens with two attached hydrogens (primary N) is 1. The van der Waals surface area contributed by atoms with Gasteiger partial charge >= 0.3 is 6.01 Å². The molecule has 1 aliphatic heterocycles. The Bertz CT molecular complexity index is 982. The molecule has 1 saturated heterocycles. The molecular weight excluding hydrogens is 392 g/mol. The van der Waals surface area contributed by atoms with E-state index in [1.807, 2.05) is 4.68 Å². The van der Waals surface area contributed by atoms with Crippen molar-refractivity contribution in [2.24, 2.45) is 0 Å². The number of hydrogen-bond donors (Lipinski definition) is 1. The number of hydrogen-bond acceptors (Lipinski definition) is 7. The monoisotopic (exact) mass is 424 g/mol. The lowest BCUT2D eigenvalue weighted by molar-refractivity contribution is 0.112. The molecule has 0 radical (unpaired) electrons. The molecule has 0 amide bonds. The topological polar surface area (TPSA) is 91.3 Å². The van der Waals surface area contributed by atoms with E-state index in [1.54, 1.807) is 13.3 Å². The molecule has 0 unspecified atom stereocenters. The molecule has 0 aliphatic carbocycles. The molecule has 3 heterocycles. The summed E-state index contributed by atoms with van der Waals surface area (Å²) in [4.78, 5) is 11.4. The van der Waals surface area contributed by atoms with Gasteiger partial charge in [-0.3, -0.25) is 0 Å². The van der Waals surface area contributed by atoms with E-state index in [0.717, 1.165) is 43.3 Å². The summed E-state index contributed by atoms with van der Waals surface area (Å²) in [5.74, 6) is 0.387. The molecule has 4 rings (SSSR count). The first-order valence-corrected chi connectivity index (χ1v) is 11.2. The van der Waals surface area contributed by atoms with Gasteiger partial charge in [-0.05, 0) is 37.0 Å². The summed E-state index contributed by atoms with van der Waals surface area (Å²) >= 11 is 0. The minimum atomic E-state index is -0.00342. The summed E-state index contributed by atoms with van der Waals surface area (Å²) in [5, 5.41) is 5.25. The average Bonchev–Trinajstić information content (AvgIpc) is 3.44. The van der Waals surface area contributed by atoms with Crippen molar-refractivity contribution in [2.45, 2.75) is 51.7 Å². The Balaban J connectivity index is 1.53. The van der Waals surface area contributed by atoms with Gasteiger partial charge < -0.3 is 20.1 Å². The van der Waals surface area contributed by atoms with Crippen LogP contribution in [-0.4, -0.2) is 52.7 Å². The zero-order chi connectivity index (χ0) is 21.6. The molecule has 2 N–H and O–H groups in total. The zero-order valence-electron chi connectivity index (χ0n) is 18.5. The number of fused-ring (bicyclic) bond motifs is 1. The third kappa shape index (κ3) is 5.07. The van der Waals surface area contributed by atoms with Crippen molar-refractivity contribution in [3.8, 4) is 6.01 Å². The Labute approximate surface area is 183 Å². The van der Waals surface area contributed by atoms with Crippen LogP contribution in [0.25, 0.3) is 11.0 Å². The van der Waals surface area contributed by atoms with Crippen LogP contribution in [0.5, 0.6) is 6.01 Å². The molecule has 8 heteroatoms. The molecule has 1 atom stereocenters. The maximum Gasteiger partial charge on any atom is 0.320 e. The van der Waals surface area contributed by atoms with Crippen molar-refractivity contribution in [1.82, 2.24) is 19.7 Å². The fourth-order valence-corrected chi connectivity index (χ4v) is 4.07. The molecule has 1 aromatic carbocycles. The first kappa shape index (κ1) is 21.4. The number of anilines is 2. The van der Waals surface area contributed by atoms with Crippen molar-refractivity contribution in [3.63, 3.8) is 0 Å². The minimum Gasteiger partial charge on any atom is -0.460 e. The van der Waals surface area contributed by atoms with Crippen molar-refractivity contribution in [2.75, 3.05) is 37.4 Å². The number of rotatable bonds is 10. The van der Waals surface area contributed by atoms with E-state index >= 15 is 0 Å². The van der Waals surface area contributed by atoms with Gasteiger partial charge in [-0.15, -0.1) is 0 Å². The van der Waals surface area contributed by atoms with Crippen LogP contribution < -0.4 is 15.4 Å². The molecule has 0 spiro atoms. The van der Waals surface area contributed by atoms with Crippen LogP contribution in [-0.2, 0) is 11.3 Å². The largest absolute Gasteiger partial charge is 0.460 e. The SMILES string of the molecule is CCC[C@H](CCOC)Oc1nc(N)c2cnn(Cc3ccc(N4CCCC4)cc3)c2n1. The van der Waals surface area contributed by atoms with Crippen LogP contribution in [0.1, 0.15) is 44.6 Å². The van der Waals surface area contributed by atoms with Crippen LogP contribution in [0.4, 0.5) is 11.5 Å². The smallest absolute Gasteiger partial charge is 0.320 e. The standard InChI is InChI=1S/C23H32N6O2/c1-3-6-19(11-14-30-2)31-23-26-21(24)20-15-25-29(22(20)27-23)16-17-7-9-18(10-8-17)28-12-4-5-13-28/h7-10,15,19H,3-6,11-14,16H2,1-2H3,(H2,24,26,27)/t19-/m1/s1. The number of nitrogen functional groups attached to an aromatic ring is 1. The fourth-order valence-electron chi connectivity index (χ4n) is 4.07. The molecule has 31 heavy (non-hydrogen) atoms. The molecule has 3 aromatic rings. The van der Waals surface area contributed by atoms with E-state index in [0.29, 0.717) is 30.6 Å². The highest BCUT2D eigenvalue weighted by molar-refractivity contribution is 5.85. The van der Waals surface area contributed by atoms with Crippen LogP contribution in [0, 0.1) is 0 Å². The van der Waals surface area contributed by atoms with E-state index < -0.39 is 0 Å². The Morgan fingerprint density at radius 3 is 2.58 bits per heavy atom.